The highest BCUT2D eigenvalue weighted by atomic mass is 79.9. The van der Waals surface area contributed by atoms with Crippen molar-refractivity contribution in [3.8, 4) is 0 Å². The van der Waals surface area contributed by atoms with E-state index in [-0.39, 0.29) is 12.3 Å². The van der Waals surface area contributed by atoms with Gasteiger partial charge >= 0.3 is 0 Å². The molecule has 18 heavy (non-hydrogen) atoms. The summed E-state index contributed by atoms with van der Waals surface area (Å²) < 4.78 is 25.1. The summed E-state index contributed by atoms with van der Waals surface area (Å²) in [5, 5.41) is 2.79. The van der Waals surface area contributed by atoms with Crippen LogP contribution < -0.4 is 10.0 Å². The molecule has 1 aromatic rings. The summed E-state index contributed by atoms with van der Waals surface area (Å²) in [6.07, 6.45) is 0. The van der Waals surface area contributed by atoms with Gasteiger partial charge in [0, 0.05) is 11.0 Å². The summed E-state index contributed by atoms with van der Waals surface area (Å²) in [6, 6.07) is 4.95. The molecule has 0 aliphatic rings. The molecular weight excluding hydrogens is 344 g/mol. The summed E-state index contributed by atoms with van der Waals surface area (Å²) in [5.74, 6) is -0.589. The zero-order chi connectivity index (χ0) is 13.8. The van der Waals surface area contributed by atoms with Crippen LogP contribution in [0.3, 0.4) is 0 Å². The van der Waals surface area contributed by atoms with E-state index in [2.05, 4.69) is 26.0 Å². The van der Waals surface area contributed by atoms with Gasteiger partial charge in [0.25, 0.3) is 5.91 Å². The summed E-state index contributed by atoms with van der Waals surface area (Å²) in [5.41, 5.74) is 0.299. The third-order valence-electron chi connectivity index (χ3n) is 2.16. The van der Waals surface area contributed by atoms with Gasteiger partial charge in [-0.25, -0.2) is 13.1 Å². The Morgan fingerprint density at radius 3 is 2.72 bits per heavy atom. The third-order valence-corrected chi connectivity index (χ3v) is 4.82. The lowest BCUT2D eigenvalue weighted by Crippen LogP contribution is -2.33. The maximum absolute atomic E-state index is 11.8. The van der Waals surface area contributed by atoms with E-state index in [4.69, 9.17) is 11.6 Å². The van der Waals surface area contributed by atoms with Gasteiger partial charge in [-0.1, -0.05) is 17.7 Å². The van der Waals surface area contributed by atoms with Crippen LogP contribution in [0.15, 0.2) is 22.7 Å². The molecule has 1 aromatic carbocycles. The highest BCUT2D eigenvalue weighted by Crippen LogP contribution is 2.25. The van der Waals surface area contributed by atoms with Crippen LogP contribution >= 0.6 is 27.5 Å². The average molecular weight is 356 g/mol. The predicted octanol–water partition coefficient (Wildman–Crippen LogP) is 1.38. The first-order valence-electron chi connectivity index (χ1n) is 5.01. The molecule has 0 saturated heterocycles. The monoisotopic (exact) mass is 354 g/mol. The van der Waals surface area contributed by atoms with Gasteiger partial charge in [-0.15, -0.1) is 0 Å². The Morgan fingerprint density at radius 1 is 1.44 bits per heavy atom. The molecule has 0 bridgehead atoms. The Balaban J connectivity index is 2.64. The molecule has 1 amide bonds. The lowest BCUT2D eigenvalue weighted by molar-refractivity contribution is 0.0956. The van der Waals surface area contributed by atoms with E-state index in [1.165, 1.54) is 7.05 Å². The van der Waals surface area contributed by atoms with Crippen LogP contribution in [-0.2, 0) is 10.0 Å². The second-order valence-corrected chi connectivity index (χ2v) is 6.66. The second kappa shape index (κ2) is 6.51. The Kier molecular flexibility index (Phi) is 5.58. The molecule has 0 spiro atoms. The SMILES string of the molecule is CNS(=O)(=O)CCNC(=O)c1cccc(Br)c1Cl. The first kappa shape index (κ1) is 15.4. The molecule has 5 nitrogen and oxygen atoms in total. The highest BCUT2D eigenvalue weighted by molar-refractivity contribution is 9.10. The van der Waals surface area contributed by atoms with Crippen LogP contribution in [0.25, 0.3) is 0 Å². The topological polar surface area (TPSA) is 75.3 Å². The molecule has 0 radical (unpaired) electrons. The van der Waals surface area contributed by atoms with Crippen molar-refractivity contribution in [3.05, 3.63) is 33.3 Å². The Hall–Kier alpha value is -0.630. The summed E-state index contributed by atoms with van der Waals surface area (Å²) >= 11 is 9.15. The van der Waals surface area contributed by atoms with Crippen LogP contribution in [0.5, 0.6) is 0 Å². The van der Waals surface area contributed by atoms with E-state index in [0.29, 0.717) is 15.1 Å². The number of halogens is 2. The van der Waals surface area contributed by atoms with E-state index >= 15 is 0 Å². The van der Waals surface area contributed by atoms with E-state index in [1.807, 2.05) is 0 Å². The quantitative estimate of drug-likeness (QED) is 0.838. The van der Waals surface area contributed by atoms with Crippen molar-refractivity contribution in [2.45, 2.75) is 0 Å². The van der Waals surface area contributed by atoms with Crippen molar-refractivity contribution in [2.24, 2.45) is 0 Å². The van der Waals surface area contributed by atoms with Crippen molar-refractivity contribution < 1.29 is 13.2 Å². The number of benzene rings is 1. The molecular formula is C10H12BrClN2O3S. The molecule has 0 aliphatic carbocycles. The van der Waals surface area contributed by atoms with Gasteiger partial charge < -0.3 is 5.32 Å². The van der Waals surface area contributed by atoms with Crippen LogP contribution in [0, 0.1) is 0 Å². The van der Waals surface area contributed by atoms with Crippen LogP contribution in [0.4, 0.5) is 0 Å². The van der Waals surface area contributed by atoms with Crippen molar-refractivity contribution in [1.29, 1.82) is 0 Å². The van der Waals surface area contributed by atoms with Gasteiger partial charge in [0.05, 0.1) is 16.3 Å². The lowest BCUT2D eigenvalue weighted by atomic mass is 10.2. The van der Waals surface area contributed by atoms with Gasteiger partial charge in [-0.3, -0.25) is 4.79 Å². The van der Waals surface area contributed by atoms with E-state index in [1.54, 1.807) is 18.2 Å². The van der Waals surface area contributed by atoms with Gasteiger partial charge in [-0.2, -0.15) is 0 Å². The molecule has 0 heterocycles. The smallest absolute Gasteiger partial charge is 0.252 e. The number of nitrogens with one attached hydrogen (secondary N) is 2. The van der Waals surface area contributed by atoms with Crippen molar-refractivity contribution in [3.63, 3.8) is 0 Å². The minimum absolute atomic E-state index is 0.0187. The van der Waals surface area contributed by atoms with E-state index in [0.717, 1.165) is 0 Å². The predicted molar refractivity (Wildman–Crippen MR) is 74.3 cm³/mol. The number of carbonyl (C=O) groups excluding carboxylic acids is 1. The summed E-state index contributed by atoms with van der Waals surface area (Å²) in [7, 11) is -2.00. The van der Waals surface area contributed by atoms with Crippen LogP contribution in [0.1, 0.15) is 10.4 Å². The molecule has 1 rings (SSSR count). The van der Waals surface area contributed by atoms with Crippen molar-refractivity contribution in [1.82, 2.24) is 10.0 Å². The number of sulfonamides is 1. The fraction of sp³-hybridized carbons (Fsp3) is 0.300. The fourth-order valence-corrected chi connectivity index (χ4v) is 2.33. The minimum Gasteiger partial charge on any atom is -0.351 e. The largest absolute Gasteiger partial charge is 0.351 e. The van der Waals surface area contributed by atoms with Crippen molar-refractivity contribution >= 4 is 43.5 Å². The number of amides is 1. The lowest BCUT2D eigenvalue weighted by Gasteiger charge is -2.07. The molecule has 0 fully saturated rings. The minimum atomic E-state index is -3.32. The molecule has 100 valence electrons. The Labute approximate surface area is 119 Å². The van der Waals surface area contributed by atoms with Crippen molar-refractivity contribution in [2.75, 3.05) is 19.3 Å². The fourth-order valence-electron chi connectivity index (χ4n) is 1.18. The van der Waals surface area contributed by atoms with Gasteiger partial charge in [-0.05, 0) is 35.1 Å². The molecule has 8 heteroatoms. The molecule has 0 aromatic heterocycles. The first-order valence-corrected chi connectivity index (χ1v) is 7.83. The number of rotatable bonds is 5. The zero-order valence-electron chi connectivity index (χ0n) is 9.54. The summed E-state index contributed by atoms with van der Waals surface area (Å²) in [4.78, 5) is 11.8. The maximum Gasteiger partial charge on any atom is 0.252 e. The number of hydrogen-bond acceptors (Lipinski definition) is 3. The number of carbonyl (C=O) groups is 1. The summed E-state index contributed by atoms with van der Waals surface area (Å²) in [6.45, 7) is 0.0187. The van der Waals surface area contributed by atoms with E-state index < -0.39 is 15.9 Å². The molecule has 2 N–H and O–H groups in total. The van der Waals surface area contributed by atoms with Gasteiger partial charge in [0.1, 0.15) is 0 Å². The van der Waals surface area contributed by atoms with Crippen LogP contribution in [-0.4, -0.2) is 33.7 Å². The second-order valence-electron chi connectivity index (χ2n) is 3.38. The van der Waals surface area contributed by atoms with Crippen LogP contribution in [0.2, 0.25) is 5.02 Å². The molecule has 0 aliphatic heterocycles. The average Bonchev–Trinajstić information content (AvgIpc) is 2.32. The highest BCUT2D eigenvalue weighted by Gasteiger charge is 2.13. The molecule has 0 unspecified atom stereocenters. The Morgan fingerprint density at radius 2 is 2.11 bits per heavy atom. The molecule has 0 saturated carbocycles. The van der Waals surface area contributed by atoms with Gasteiger partial charge in [0.2, 0.25) is 10.0 Å². The van der Waals surface area contributed by atoms with E-state index in [9.17, 15) is 13.2 Å². The Bertz CT molecular complexity index is 548. The number of hydrogen-bond donors (Lipinski definition) is 2. The van der Waals surface area contributed by atoms with Gasteiger partial charge in [0.15, 0.2) is 0 Å². The normalized spacial score (nSPS) is 11.3. The standard InChI is InChI=1S/C10H12BrClN2O3S/c1-13-18(16,17)6-5-14-10(15)7-3-2-4-8(11)9(7)12/h2-4,13H,5-6H2,1H3,(H,14,15). The first-order chi connectivity index (χ1) is 8.37. The maximum atomic E-state index is 11.8. The zero-order valence-corrected chi connectivity index (χ0v) is 12.7. The molecule has 0 atom stereocenters. The third kappa shape index (κ3) is 4.24.